The molecule has 0 unspecified atom stereocenters. The quantitative estimate of drug-likeness (QED) is 0.454. The van der Waals surface area contributed by atoms with Crippen molar-refractivity contribution >= 4 is 38.7 Å². The second-order valence-corrected chi connectivity index (χ2v) is 6.55. The third-order valence-corrected chi connectivity index (χ3v) is 4.32. The number of carbonyl (C=O) groups excluding carboxylic acids is 1. The van der Waals surface area contributed by atoms with E-state index in [1.54, 1.807) is 12.1 Å². The number of Topliss-reactive ketones (excluding diaryl/α,β-unsaturated/α-hetero) is 1. The van der Waals surface area contributed by atoms with E-state index in [1.807, 2.05) is 0 Å². The lowest BCUT2D eigenvalue weighted by Gasteiger charge is -2.05. The van der Waals surface area contributed by atoms with Crippen LogP contribution in [0.3, 0.4) is 0 Å². The first kappa shape index (κ1) is 15.3. The molecule has 8 nitrogen and oxygen atoms in total. The molecule has 0 bridgehead atoms. The molecular formula is C11H8BrN3O5S. The van der Waals surface area contributed by atoms with Crippen LogP contribution < -0.4 is 11.2 Å². The summed E-state index contributed by atoms with van der Waals surface area (Å²) in [6.07, 6.45) is 0.841. The maximum Gasteiger partial charge on any atom is 0.350 e. The van der Waals surface area contributed by atoms with E-state index in [4.69, 9.17) is 0 Å². The lowest BCUT2D eigenvalue weighted by molar-refractivity contribution is -0.387. The van der Waals surface area contributed by atoms with E-state index < -0.39 is 34.2 Å². The van der Waals surface area contributed by atoms with Crippen LogP contribution in [0, 0.1) is 10.1 Å². The Bertz CT molecular complexity index is 850. The third-order valence-electron chi connectivity index (χ3n) is 2.66. The van der Waals surface area contributed by atoms with Gasteiger partial charge in [-0.15, -0.1) is 11.3 Å². The summed E-state index contributed by atoms with van der Waals surface area (Å²) in [6.45, 7) is -0.542. The number of nitrogens with zero attached hydrogens (tertiary/aromatic N) is 3. The highest BCUT2D eigenvalue weighted by molar-refractivity contribution is 9.11. The Morgan fingerprint density at radius 3 is 2.62 bits per heavy atom. The number of ketones is 1. The number of aromatic nitrogens is 2. The van der Waals surface area contributed by atoms with Gasteiger partial charge in [0, 0.05) is 7.05 Å². The molecule has 2 aromatic heterocycles. The van der Waals surface area contributed by atoms with E-state index in [2.05, 4.69) is 15.9 Å². The molecule has 0 aromatic carbocycles. The predicted octanol–water partition coefficient (Wildman–Crippen LogP) is 1.16. The SMILES string of the molecule is Cn1cc([N+](=O)[O-])c(=O)n(CC(=O)c2ccc(Br)s2)c1=O. The molecule has 10 heteroatoms. The van der Waals surface area contributed by atoms with Crippen LogP contribution in [0.4, 0.5) is 5.69 Å². The van der Waals surface area contributed by atoms with Gasteiger partial charge in [0.1, 0.15) is 0 Å². The van der Waals surface area contributed by atoms with Crippen molar-refractivity contribution in [1.82, 2.24) is 9.13 Å². The summed E-state index contributed by atoms with van der Waals surface area (Å²) >= 11 is 4.35. The van der Waals surface area contributed by atoms with Gasteiger partial charge in [-0.25, -0.2) is 9.36 Å². The molecule has 0 amide bonds. The molecule has 21 heavy (non-hydrogen) atoms. The first-order valence-corrected chi connectivity index (χ1v) is 7.15. The monoisotopic (exact) mass is 373 g/mol. The van der Waals surface area contributed by atoms with Gasteiger partial charge in [0.05, 0.1) is 26.3 Å². The maximum atomic E-state index is 12.0. The summed E-state index contributed by atoms with van der Waals surface area (Å²) in [6, 6.07) is 3.20. The minimum absolute atomic E-state index is 0.349. The van der Waals surface area contributed by atoms with E-state index in [0.717, 1.165) is 25.9 Å². The van der Waals surface area contributed by atoms with E-state index in [1.165, 1.54) is 7.05 Å². The number of halogens is 1. The predicted molar refractivity (Wildman–Crippen MR) is 78.9 cm³/mol. The molecule has 0 aliphatic carbocycles. The van der Waals surface area contributed by atoms with Crippen molar-refractivity contribution in [3.8, 4) is 0 Å². The van der Waals surface area contributed by atoms with E-state index in [-0.39, 0.29) is 0 Å². The van der Waals surface area contributed by atoms with Crippen LogP contribution in [-0.2, 0) is 13.6 Å². The van der Waals surface area contributed by atoms with Crippen LogP contribution in [-0.4, -0.2) is 19.8 Å². The summed E-state index contributed by atoms with van der Waals surface area (Å²) in [5.41, 5.74) is -2.63. The van der Waals surface area contributed by atoms with Gasteiger partial charge in [0.15, 0.2) is 5.78 Å². The molecule has 0 N–H and O–H groups in total. The van der Waals surface area contributed by atoms with Crippen molar-refractivity contribution in [2.45, 2.75) is 6.54 Å². The third kappa shape index (κ3) is 3.00. The minimum atomic E-state index is -1.09. The van der Waals surface area contributed by atoms with Crippen molar-refractivity contribution < 1.29 is 9.72 Å². The van der Waals surface area contributed by atoms with E-state index in [0.29, 0.717) is 9.44 Å². The summed E-state index contributed by atoms with van der Waals surface area (Å²) in [4.78, 5) is 46.1. The Labute approximate surface area is 129 Å². The van der Waals surface area contributed by atoms with Gasteiger partial charge >= 0.3 is 16.9 Å². The maximum absolute atomic E-state index is 12.0. The summed E-state index contributed by atoms with van der Waals surface area (Å²) in [5.74, 6) is -0.467. The van der Waals surface area contributed by atoms with Gasteiger partial charge in [0.2, 0.25) is 0 Å². The molecule has 0 saturated heterocycles. The fourth-order valence-electron chi connectivity index (χ4n) is 1.66. The van der Waals surface area contributed by atoms with Gasteiger partial charge in [-0.2, -0.15) is 0 Å². The molecule has 2 aromatic rings. The van der Waals surface area contributed by atoms with Crippen LogP contribution in [0.25, 0.3) is 0 Å². The van der Waals surface area contributed by atoms with Gasteiger partial charge in [-0.3, -0.25) is 24.3 Å². The van der Waals surface area contributed by atoms with Gasteiger partial charge in [0.25, 0.3) is 0 Å². The van der Waals surface area contributed by atoms with E-state index in [9.17, 15) is 24.5 Å². The van der Waals surface area contributed by atoms with Crippen molar-refractivity contribution in [3.05, 3.63) is 57.9 Å². The van der Waals surface area contributed by atoms with Gasteiger partial charge < -0.3 is 0 Å². The Balaban J connectivity index is 2.49. The smallest absolute Gasteiger partial charge is 0.297 e. The Morgan fingerprint density at radius 1 is 1.43 bits per heavy atom. The lowest BCUT2D eigenvalue weighted by atomic mass is 10.3. The number of hydrogen-bond acceptors (Lipinski definition) is 6. The van der Waals surface area contributed by atoms with Gasteiger partial charge in [-0.05, 0) is 28.1 Å². The fraction of sp³-hybridized carbons (Fsp3) is 0.182. The molecule has 0 atom stereocenters. The zero-order valence-corrected chi connectivity index (χ0v) is 13.0. The largest absolute Gasteiger partial charge is 0.350 e. The number of hydrogen-bond donors (Lipinski definition) is 0. The van der Waals surface area contributed by atoms with Crippen LogP contribution >= 0.6 is 27.3 Å². The van der Waals surface area contributed by atoms with E-state index >= 15 is 0 Å². The molecule has 0 radical (unpaired) electrons. The number of nitro groups is 1. The average Bonchev–Trinajstić information content (AvgIpc) is 2.85. The first-order valence-electron chi connectivity index (χ1n) is 5.54. The molecule has 110 valence electrons. The minimum Gasteiger partial charge on any atom is -0.297 e. The Hall–Kier alpha value is -2.07. The first-order chi connectivity index (χ1) is 9.81. The molecule has 2 rings (SSSR count). The number of rotatable bonds is 4. The topological polar surface area (TPSA) is 104 Å². The molecule has 0 spiro atoms. The van der Waals surface area contributed by atoms with Gasteiger partial charge in [-0.1, -0.05) is 0 Å². The molecule has 0 saturated carbocycles. The van der Waals surface area contributed by atoms with Crippen LogP contribution in [0.15, 0.2) is 31.7 Å². The second-order valence-electron chi connectivity index (χ2n) is 4.08. The average molecular weight is 374 g/mol. The highest BCUT2D eigenvalue weighted by Crippen LogP contribution is 2.22. The summed E-state index contributed by atoms with van der Waals surface area (Å²) in [7, 11) is 1.28. The highest BCUT2D eigenvalue weighted by atomic mass is 79.9. The summed E-state index contributed by atoms with van der Waals surface area (Å²) in [5, 5.41) is 10.8. The molecule has 0 fully saturated rings. The standard InChI is InChI=1S/C11H8BrN3O5S/c1-13-4-6(15(19)20)10(17)14(11(13)18)5-7(16)8-2-3-9(12)21-8/h2-4H,5H2,1H3. The van der Waals surface area contributed by atoms with Crippen molar-refractivity contribution in [2.75, 3.05) is 0 Å². The molecule has 0 aliphatic heterocycles. The number of aryl methyl sites for hydroxylation is 1. The van der Waals surface area contributed by atoms with Crippen molar-refractivity contribution in [3.63, 3.8) is 0 Å². The highest BCUT2D eigenvalue weighted by Gasteiger charge is 2.21. The Kier molecular flexibility index (Phi) is 4.19. The van der Waals surface area contributed by atoms with Crippen LogP contribution in [0.5, 0.6) is 0 Å². The van der Waals surface area contributed by atoms with Crippen molar-refractivity contribution in [1.29, 1.82) is 0 Å². The summed E-state index contributed by atoms with van der Waals surface area (Å²) < 4.78 is 2.19. The normalized spacial score (nSPS) is 10.6. The Morgan fingerprint density at radius 2 is 2.10 bits per heavy atom. The second kappa shape index (κ2) is 5.74. The number of thiophene rings is 1. The molecule has 0 aliphatic rings. The molecule has 2 heterocycles. The zero-order valence-electron chi connectivity index (χ0n) is 10.6. The van der Waals surface area contributed by atoms with Crippen molar-refractivity contribution in [2.24, 2.45) is 7.05 Å². The molecular weight excluding hydrogens is 366 g/mol. The zero-order chi connectivity index (χ0) is 15.7. The van der Waals surface area contributed by atoms with Crippen LogP contribution in [0.2, 0.25) is 0 Å². The lowest BCUT2D eigenvalue weighted by Crippen LogP contribution is -2.41. The fourth-order valence-corrected chi connectivity index (χ4v) is 2.98. The number of carbonyl (C=O) groups is 1. The van der Waals surface area contributed by atoms with Crippen LogP contribution in [0.1, 0.15) is 9.67 Å².